The lowest BCUT2D eigenvalue weighted by Crippen LogP contribution is -2.48. The van der Waals surface area contributed by atoms with Gasteiger partial charge in [0, 0.05) is 31.8 Å². The van der Waals surface area contributed by atoms with E-state index in [0.29, 0.717) is 31.8 Å². The van der Waals surface area contributed by atoms with Crippen molar-refractivity contribution in [3.05, 3.63) is 23.7 Å². The van der Waals surface area contributed by atoms with Crippen molar-refractivity contribution in [3.8, 4) is 0 Å². The van der Waals surface area contributed by atoms with Crippen LogP contribution in [0, 0.1) is 5.92 Å². The van der Waals surface area contributed by atoms with E-state index in [1.165, 1.54) is 6.42 Å². The summed E-state index contributed by atoms with van der Waals surface area (Å²) in [6.45, 7) is 7.69. The summed E-state index contributed by atoms with van der Waals surface area (Å²) >= 11 is 0. The topological polar surface area (TPSA) is 42.7 Å². The summed E-state index contributed by atoms with van der Waals surface area (Å²) in [7, 11) is 0. The highest BCUT2D eigenvalue weighted by atomic mass is 16.5. The first-order valence-corrected chi connectivity index (χ1v) is 8.04. The van der Waals surface area contributed by atoms with E-state index in [9.17, 15) is 4.79 Å². The maximum Gasteiger partial charge on any atom is 0.223 e. The van der Waals surface area contributed by atoms with E-state index in [2.05, 4.69) is 13.0 Å². The zero-order valence-electron chi connectivity index (χ0n) is 13.2. The van der Waals surface area contributed by atoms with Crippen LogP contribution >= 0.6 is 0 Å². The van der Waals surface area contributed by atoms with Crippen LogP contribution in [0.15, 0.2) is 16.5 Å². The predicted octanol–water partition coefficient (Wildman–Crippen LogP) is 2.97. The Morgan fingerprint density at radius 1 is 1.24 bits per heavy atom. The third-order valence-electron chi connectivity index (χ3n) is 4.51. The summed E-state index contributed by atoms with van der Waals surface area (Å²) < 4.78 is 11.5. The largest absolute Gasteiger partial charge is 0.466 e. The smallest absolute Gasteiger partial charge is 0.223 e. The number of carbonyl (C=O) groups excluding carboxylic acids is 1. The highest BCUT2D eigenvalue weighted by Crippen LogP contribution is 2.47. The Morgan fingerprint density at radius 2 is 1.90 bits per heavy atom. The molecule has 4 atom stereocenters. The van der Waals surface area contributed by atoms with E-state index in [1.807, 2.05) is 24.8 Å². The van der Waals surface area contributed by atoms with Crippen LogP contribution in [0.1, 0.15) is 51.1 Å². The number of hydrogen-bond donors (Lipinski definition) is 0. The standard InChI is InChI=1S/C17H25NO3/c1-11-8-15(11)16-6-4-14(21-16)5-7-17(19)18-9-12(2)20-13(3)10-18/h4,6,11-13,15H,5,7-10H2,1-3H3/t11-,12+,13+,15+/m0/s1. The van der Waals surface area contributed by atoms with Gasteiger partial charge < -0.3 is 14.1 Å². The van der Waals surface area contributed by atoms with Gasteiger partial charge >= 0.3 is 0 Å². The molecule has 0 spiro atoms. The maximum atomic E-state index is 12.3. The lowest BCUT2D eigenvalue weighted by atomic mass is 10.2. The van der Waals surface area contributed by atoms with Gasteiger partial charge in [0.2, 0.25) is 5.91 Å². The minimum atomic E-state index is 0.129. The molecule has 0 unspecified atom stereocenters. The van der Waals surface area contributed by atoms with Crippen LogP contribution in [0.2, 0.25) is 0 Å². The SMILES string of the molecule is C[C@@H]1CN(C(=O)CCc2ccc([C@@H]3C[C@@H]3C)o2)C[C@@H](C)O1. The van der Waals surface area contributed by atoms with Crippen LogP contribution in [-0.4, -0.2) is 36.1 Å². The summed E-state index contributed by atoms with van der Waals surface area (Å²) in [6, 6.07) is 4.10. The molecule has 0 N–H and O–H groups in total. The van der Waals surface area contributed by atoms with Gasteiger partial charge in [-0.25, -0.2) is 0 Å². The highest BCUT2D eigenvalue weighted by molar-refractivity contribution is 5.76. The van der Waals surface area contributed by atoms with Gasteiger partial charge in [0.05, 0.1) is 12.2 Å². The lowest BCUT2D eigenvalue weighted by Gasteiger charge is -2.35. The molecular weight excluding hydrogens is 266 g/mol. The molecule has 2 aliphatic rings. The van der Waals surface area contributed by atoms with E-state index in [0.717, 1.165) is 17.4 Å². The van der Waals surface area contributed by atoms with Gasteiger partial charge in [-0.15, -0.1) is 0 Å². The van der Waals surface area contributed by atoms with Crippen LogP contribution < -0.4 is 0 Å². The van der Waals surface area contributed by atoms with Gasteiger partial charge in [0.1, 0.15) is 11.5 Å². The molecule has 3 rings (SSSR count). The summed E-state index contributed by atoms with van der Waals surface area (Å²) in [5.41, 5.74) is 0. The van der Waals surface area contributed by atoms with Crippen LogP contribution in [0.5, 0.6) is 0 Å². The van der Waals surface area contributed by atoms with Crippen molar-refractivity contribution in [3.63, 3.8) is 0 Å². The molecular formula is C17H25NO3. The molecule has 0 bridgehead atoms. The third kappa shape index (κ3) is 3.49. The van der Waals surface area contributed by atoms with E-state index in [-0.39, 0.29) is 18.1 Å². The van der Waals surface area contributed by atoms with Crippen LogP contribution in [0.4, 0.5) is 0 Å². The molecule has 1 aliphatic heterocycles. The third-order valence-corrected chi connectivity index (χ3v) is 4.51. The van der Waals surface area contributed by atoms with Gasteiger partial charge in [-0.05, 0) is 38.3 Å². The normalized spacial score (nSPS) is 32.2. The molecule has 1 amide bonds. The molecule has 1 saturated heterocycles. The Hall–Kier alpha value is -1.29. The van der Waals surface area contributed by atoms with Crippen LogP contribution in [0.3, 0.4) is 0 Å². The second-order valence-corrected chi connectivity index (χ2v) is 6.68. The molecule has 116 valence electrons. The zero-order valence-corrected chi connectivity index (χ0v) is 13.2. The fourth-order valence-corrected chi connectivity index (χ4v) is 3.22. The number of morpholine rings is 1. The van der Waals surface area contributed by atoms with Gasteiger partial charge in [-0.2, -0.15) is 0 Å². The summed E-state index contributed by atoms with van der Waals surface area (Å²) in [6.07, 6.45) is 2.70. The Labute approximate surface area is 126 Å². The average molecular weight is 291 g/mol. The summed E-state index contributed by atoms with van der Waals surface area (Å²) in [5, 5.41) is 0. The van der Waals surface area contributed by atoms with Crippen molar-refractivity contribution < 1.29 is 13.9 Å². The van der Waals surface area contributed by atoms with E-state index in [1.54, 1.807) is 0 Å². The quantitative estimate of drug-likeness (QED) is 0.856. The van der Waals surface area contributed by atoms with Gasteiger partial charge in [-0.1, -0.05) is 6.92 Å². The molecule has 4 heteroatoms. The number of furan rings is 1. The minimum Gasteiger partial charge on any atom is -0.466 e. The molecule has 1 aliphatic carbocycles. The van der Waals surface area contributed by atoms with Gasteiger partial charge in [-0.3, -0.25) is 4.79 Å². The van der Waals surface area contributed by atoms with Gasteiger partial charge in [0.25, 0.3) is 0 Å². The number of amides is 1. The van der Waals surface area contributed by atoms with Crippen molar-refractivity contribution in [1.82, 2.24) is 4.90 Å². The Bertz CT molecular complexity index is 500. The lowest BCUT2D eigenvalue weighted by molar-refractivity contribution is -0.143. The van der Waals surface area contributed by atoms with Crippen LogP contribution in [-0.2, 0) is 16.0 Å². The molecule has 0 aromatic carbocycles. The summed E-state index contributed by atoms with van der Waals surface area (Å²) in [4.78, 5) is 14.2. The number of aryl methyl sites for hydroxylation is 1. The monoisotopic (exact) mass is 291 g/mol. The molecule has 0 radical (unpaired) electrons. The van der Waals surface area contributed by atoms with E-state index >= 15 is 0 Å². The number of nitrogens with zero attached hydrogens (tertiary/aromatic N) is 1. The fraction of sp³-hybridized carbons (Fsp3) is 0.706. The Morgan fingerprint density at radius 3 is 2.52 bits per heavy atom. The number of hydrogen-bond acceptors (Lipinski definition) is 3. The van der Waals surface area contributed by atoms with Gasteiger partial charge in [0.15, 0.2) is 0 Å². The van der Waals surface area contributed by atoms with Crippen molar-refractivity contribution in [2.45, 2.75) is 58.2 Å². The number of ether oxygens (including phenoxy) is 1. The average Bonchev–Trinajstić information content (AvgIpc) is 2.98. The number of carbonyl (C=O) groups is 1. The van der Waals surface area contributed by atoms with Crippen molar-refractivity contribution in [2.75, 3.05) is 13.1 Å². The first kappa shape index (κ1) is 14.6. The Kier molecular flexibility index (Phi) is 4.07. The second kappa shape index (κ2) is 5.84. The van der Waals surface area contributed by atoms with Crippen molar-refractivity contribution >= 4 is 5.91 Å². The second-order valence-electron chi connectivity index (χ2n) is 6.68. The molecule has 1 aromatic heterocycles. The first-order chi connectivity index (χ1) is 10.0. The zero-order chi connectivity index (χ0) is 15.0. The molecule has 2 heterocycles. The van der Waals surface area contributed by atoms with E-state index in [4.69, 9.17) is 9.15 Å². The molecule has 4 nitrogen and oxygen atoms in total. The highest BCUT2D eigenvalue weighted by Gasteiger charge is 2.36. The molecule has 2 fully saturated rings. The van der Waals surface area contributed by atoms with Crippen molar-refractivity contribution in [2.24, 2.45) is 5.92 Å². The molecule has 1 aromatic rings. The Balaban J connectivity index is 1.50. The van der Waals surface area contributed by atoms with Crippen LogP contribution in [0.25, 0.3) is 0 Å². The minimum absolute atomic E-state index is 0.129. The number of rotatable bonds is 4. The predicted molar refractivity (Wildman–Crippen MR) is 80.1 cm³/mol. The molecule has 1 saturated carbocycles. The molecule has 21 heavy (non-hydrogen) atoms. The fourth-order valence-electron chi connectivity index (χ4n) is 3.22. The van der Waals surface area contributed by atoms with E-state index < -0.39 is 0 Å². The summed E-state index contributed by atoms with van der Waals surface area (Å²) in [5.74, 6) is 3.59. The van der Waals surface area contributed by atoms with Crippen molar-refractivity contribution in [1.29, 1.82) is 0 Å². The first-order valence-electron chi connectivity index (χ1n) is 8.04. The maximum absolute atomic E-state index is 12.3.